The molecule has 0 spiro atoms. The first-order valence-electron chi connectivity index (χ1n) is 6.09. The summed E-state index contributed by atoms with van der Waals surface area (Å²) in [5, 5.41) is 21.9. The molecule has 0 aliphatic carbocycles. The molecule has 0 aliphatic rings. The molecule has 9 heteroatoms. The fraction of sp³-hybridized carbons (Fsp3) is 0.154. The van der Waals surface area contributed by atoms with Gasteiger partial charge in [-0.3, -0.25) is 24.6 Å². The van der Waals surface area contributed by atoms with Crippen LogP contribution in [-0.2, 0) is 16.0 Å². The average Bonchev–Trinajstić information content (AvgIpc) is 2.93. The SMILES string of the molecule is CC(=O)N(c1nccs1)c1cc([N+](=O)[O-])ccc1CC(=O)O. The van der Waals surface area contributed by atoms with Gasteiger partial charge in [-0.1, -0.05) is 0 Å². The standard InChI is InChI=1S/C13H11N3O5S/c1-8(17)15(13-14-4-5-22-13)11-7-10(16(20)21)3-2-9(11)6-12(18)19/h2-5,7H,6H2,1H3,(H,18,19). The van der Waals surface area contributed by atoms with Crippen LogP contribution in [-0.4, -0.2) is 26.9 Å². The molecule has 1 amide bonds. The van der Waals surface area contributed by atoms with Gasteiger partial charge in [0.25, 0.3) is 5.69 Å². The van der Waals surface area contributed by atoms with Crippen LogP contribution in [0.2, 0.25) is 0 Å². The number of carbonyl (C=O) groups is 2. The van der Waals surface area contributed by atoms with Crippen LogP contribution in [0.1, 0.15) is 12.5 Å². The molecule has 0 bridgehead atoms. The molecule has 0 fully saturated rings. The number of thiazole rings is 1. The molecule has 0 unspecified atom stereocenters. The molecule has 0 saturated carbocycles. The molecule has 1 aromatic carbocycles. The summed E-state index contributed by atoms with van der Waals surface area (Å²) in [6.07, 6.45) is 1.13. The maximum Gasteiger partial charge on any atom is 0.307 e. The number of rotatable bonds is 5. The minimum absolute atomic E-state index is 0.152. The number of aromatic nitrogens is 1. The molecule has 114 valence electrons. The van der Waals surface area contributed by atoms with Gasteiger partial charge in [-0.05, 0) is 11.6 Å². The first-order chi connectivity index (χ1) is 10.4. The smallest absolute Gasteiger partial charge is 0.307 e. The van der Waals surface area contributed by atoms with E-state index in [4.69, 9.17) is 5.11 Å². The van der Waals surface area contributed by atoms with E-state index in [1.54, 1.807) is 5.38 Å². The number of hydrogen-bond acceptors (Lipinski definition) is 6. The molecular weight excluding hydrogens is 310 g/mol. The highest BCUT2D eigenvalue weighted by atomic mass is 32.1. The molecule has 22 heavy (non-hydrogen) atoms. The van der Waals surface area contributed by atoms with Crippen molar-refractivity contribution in [2.75, 3.05) is 4.90 Å². The summed E-state index contributed by atoms with van der Waals surface area (Å²) in [5.41, 5.74) is 0.217. The molecule has 2 aromatic rings. The number of anilines is 2. The predicted molar refractivity (Wildman–Crippen MR) is 79.4 cm³/mol. The van der Waals surface area contributed by atoms with Crippen molar-refractivity contribution >= 4 is 39.7 Å². The lowest BCUT2D eigenvalue weighted by atomic mass is 10.1. The van der Waals surface area contributed by atoms with Crippen LogP contribution in [0.25, 0.3) is 0 Å². The molecule has 0 radical (unpaired) electrons. The van der Waals surface area contributed by atoms with Crippen molar-refractivity contribution in [1.82, 2.24) is 4.98 Å². The third-order valence-electron chi connectivity index (χ3n) is 2.79. The number of nitro benzene ring substituents is 1. The molecular formula is C13H11N3O5S. The van der Waals surface area contributed by atoms with Crippen LogP contribution in [0.3, 0.4) is 0 Å². The van der Waals surface area contributed by atoms with Crippen molar-refractivity contribution in [3.8, 4) is 0 Å². The van der Waals surface area contributed by atoms with Gasteiger partial charge < -0.3 is 5.11 Å². The number of carboxylic acids is 1. The van der Waals surface area contributed by atoms with Crippen LogP contribution < -0.4 is 4.90 Å². The van der Waals surface area contributed by atoms with Crippen molar-refractivity contribution in [2.45, 2.75) is 13.3 Å². The second kappa shape index (κ2) is 6.31. The summed E-state index contributed by atoms with van der Waals surface area (Å²) in [5.74, 6) is -1.51. The zero-order valence-corrected chi connectivity index (χ0v) is 12.2. The Labute approximate surface area is 128 Å². The number of hydrogen-bond donors (Lipinski definition) is 1. The number of carbonyl (C=O) groups excluding carboxylic acids is 1. The van der Waals surface area contributed by atoms with E-state index in [0.717, 1.165) is 0 Å². The molecule has 0 aliphatic heterocycles. The summed E-state index contributed by atoms with van der Waals surface area (Å²) in [6, 6.07) is 3.73. The summed E-state index contributed by atoms with van der Waals surface area (Å²) >= 11 is 1.17. The van der Waals surface area contributed by atoms with Crippen LogP contribution in [0.4, 0.5) is 16.5 Å². The molecule has 0 atom stereocenters. The number of non-ortho nitro benzene ring substituents is 1. The van der Waals surface area contributed by atoms with Gasteiger partial charge in [0.15, 0.2) is 5.13 Å². The van der Waals surface area contributed by atoms with Gasteiger partial charge in [0.2, 0.25) is 5.91 Å². The maximum atomic E-state index is 11.9. The number of nitrogens with zero attached hydrogens (tertiary/aromatic N) is 3. The van der Waals surface area contributed by atoms with E-state index >= 15 is 0 Å². The Balaban J connectivity index is 2.62. The average molecular weight is 321 g/mol. The number of carboxylic acid groups (broad SMARTS) is 1. The molecule has 1 aromatic heterocycles. The second-order valence-electron chi connectivity index (χ2n) is 4.31. The van der Waals surface area contributed by atoms with E-state index in [2.05, 4.69) is 4.98 Å². The third kappa shape index (κ3) is 3.26. The lowest BCUT2D eigenvalue weighted by Crippen LogP contribution is -2.24. The summed E-state index contributed by atoms with van der Waals surface area (Å²) in [7, 11) is 0. The normalized spacial score (nSPS) is 10.2. The highest BCUT2D eigenvalue weighted by Crippen LogP contribution is 2.33. The van der Waals surface area contributed by atoms with Crippen LogP contribution >= 0.6 is 11.3 Å². The van der Waals surface area contributed by atoms with Crippen molar-refractivity contribution < 1.29 is 19.6 Å². The fourth-order valence-corrected chi connectivity index (χ4v) is 2.62. The van der Waals surface area contributed by atoms with Crippen molar-refractivity contribution in [3.63, 3.8) is 0 Å². The van der Waals surface area contributed by atoms with Gasteiger partial charge in [0.05, 0.1) is 17.0 Å². The minimum Gasteiger partial charge on any atom is -0.481 e. The number of nitro groups is 1. The van der Waals surface area contributed by atoms with Crippen LogP contribution in [0, 0.1) is 10.1 Å². The first-order valence-corrected chi connectivity index (χ1v) is 6.97. The third-order valence-corrected chi connectivity index (χ3v) is 3.54. The number of aliphatic carboxylic acids is 1. The molecule has 2 rings (SSSR count). The zero-order chi connectivity index (χ0) is 16.3. The van der Waals surface area contributed by atoms with E-state index in [0.29, 0.717) is 10.7 Å². The summed E-state index contributed by atoms with van der Waals surface area (Å²) in [6.45, 7) is 1.28. The summed E-state index contributed by atoms with van der Waals surface area (Å²) < 4.78 is 0. The summed E-state index contributed by atoms with van der Waals surface area (Å²) in [4.78, 5) is 38.4. The minimum atomic E-state index is -1.10. The van der Waals surface area contributed by atoms with Gasteiger partial charge in [0, 0.05) is 30.6 Å². The Morgan fingerprint density at radius 1 is 1.45 bits per heavy atom. The van der Waals surface area contributed by atoms with Gasteiger partial charge >= 0.3 is 5.97 Å². The van der Waals surface area contributed by atoms with Crippen molar-refractivity contribution in [1.29, 1.82) is 0 Å². The van der Waals surface area contributed by atoms with E-state index in [9.17, 15) is 19.7 Å². The van der Waals surface area contributed by atoms with E-state index < -0.39 is 16.8 Å². The lowest BCUT2D eigenvalue weighted by Gasteiger charge is -2.20. The highest BCUT2D eigenvalue weighted by Gasteiger charge is 2.23. The molecule has 0 saturated heterocycles. The Morgan fingerprint density at radius 3 is 2.68 bits per heavy atom. The molecule has 1 N–H and O–H groups in total. The van der Waals surface area contributed by atoms with Crippen LogP contribution in [0.15, 0.2) is 29.8 Å². The van der Waals surface area contributed by atoms with Crippen molar-refractivity contribution in [3.05, 3.63) is 45.5 Å². The topological polar surface area (TPSA) is 114 Å². The Kier molecular flexibility index (Phi) is 4.47. The van der Waals surface area contributed by atoms with Crippen LogP contribution in [0.5, 0.6) is 0 Å². The maximum absolute atomic E-state index is 11.9. The van der Waals surface area contributed by atoms with Crippen molar-refractivity contribution in [2.24, 2.45) is 0 Å². The molecule has 8 nitrogen and oxygen atoms in total. The quantitative estimate of drug-likeness (QED) is 0.668. The lowest BCUT2D eigenvalue weighted by molar-refractivity contribution is -0.384. The second-order valence-corrected chi connectivity index (χ2v) is 5.18. The van der Waals surface area contributed by atoms with E-state index in [1.807, 2.05) is 0 Å². The monoisotopic (exact) mass is 321 g/mol. The van der Waals surface area contributed by atoms with Gasteiger partial charge in [-0.25, -0.2) is 4.98 Å². The van der Waals surface area contributed by atoms with Gasteiger partial charge in [-0.2, -0.15) is 0 Å². The van der Waals surface area contributed by atoms with Gasteiger partial charge in [0.1, 0.15) is 0 Å². The van der Waals surface area contributed by atoms with E-state index in [1.165, 1.54) is 47.6 Å². The van der Waals surface area contributed by atoms with Gasteiger partial charge in [-0.15, -0.1) is 11.3 Å². The zero-order valence-electron chi connectivity index (χ0n) is 11.4. The Hall–Kier alpha value is -2.81. The van der Waals surface area contributed by atoms with E-state index in [-0.39, 0.29) is 17.8 Å². The highest BCUT2D eigenvalue weighted by molar-refractivity contribution is 7.13. The Morgan fingerprint density at radius 2 is 2.18 bits per heavy atom. The predicted octanol–water partition coefficient (Wildman–Crippen LogP) is 2.36. The fourth-order valence-electron chi connectivity index (χ4n) is 1.92. The number of amides is 1. The Bertz CT molecular complexity index is 729. The largest absolute Gasteiger partial charge is 0.481 e. The molecule has 1 heterocycles. The number of benzene rings is 1. The first kappa shape index (κ1) is 15.6.